The van der Waals surface area contributed by atoms with Crippen molar-refractivity contribution in [3.05, 3.63) is 87.8 Å². The Hall–Kier alpha value is -4.80. The van der Waals surface area contributed by atoms with Crippen molar-refractivity contribution in [3.8, 4) is 17.2 Å². The zero-order valence-corrected chi connectivity index (χ0v) is 23.2. The van der Waals surface area contributed by atoms with Crippen molar-refractivity contribution in [1.82, 2.24) is 20.1 Å². The predicted octanol–water partition coefficient (Wildman–Crippen LogP) is 1.88. The van der Waals surface area contributed by atoms with Crippen LogP contribution in [-0.4, -0.2) is 65.6 Å². The molecule has 42 heavy (non-hydrogen) atoms. The highest BCUT2D eigenvalue weighted by Crippen LogP contribution is 2.31. The van der Waals surface area contributed by atoms with E-state index in [1.165, 1.54) is 22.9 Å². The molecule has 11 nitrogen and oxygen atoms in total. The number of nitrogens with one attached hydrogen (secondary N) is 2. The molecule has 2 fully saturated rings. The molecule has 0 unspecified atom stereocenters. The van der Waals surface area contributed by atoms with E-state index >= 15 is 0 Å². The summed E-state index contributed by atoms with van der Waals surface area (Å²) in [6.45, 7) is 1.06. The summed E-state index contributed by atoms with van der Waals surface area (Å²) in [6, 6.07) is 14.5. The molecule has 1 aromatic heterocycles. The third-order valence-corrected chi connectivity index (χ3v) is 7.60. The van der Waals surface area contributed by atoms with Gasteiger partial charge in [0.2, 0.25) is 5.56 Å². The molecule has 3 amide bonds. The molecule has 3 aliphatic heterocycles. The van der Waals surface area contributed by atoms with Gasteiger partial charge in [0.25, 0.3) is 17.7 Å². The maximum absolute atomic E-state index is 13.6. The number of fused-ring (bicyclic) bond motifs is 7. The molecular formula is C31H32N4O7. The van der Waals surface area contributed by atoms with E-state index in [9.17, 15) is 19.2 Å². The minimum absolute atomic E-state index is 0.204. The lowest BCUT2D eigenvalue weighted by Crippen LogP contribution is -2.45. The highest BCUT2D eigenvalue weighted by Gasteiger charge is 2.38. The number of ether oxygens (including phenoxy) is 3. The van der Waals surface area contributed by atoms with Crippen LogP contribution < -0.4 is 30.4 Å². The van der Waals surface area contributed by atoms with Crippen LogP contribution in [0.4, 0.5) is 0 Å². The number of pyridine rings is 1. The van der Waals surface area contributed by atoms with Crippen LogP contribution in [0.1, 0.15) is 39.1 Å². The smallest absolute Gasteiger partial charge is 0.258 e. The number of aryl methyl sites for hydroxylation is 1. The van der Waals surface area contributed by atoms with Gasteiger partial charge in [0.05, 0.1) is 24.8 Å². The van der Waals surface area contributed by atoms with E-state index in [1.807, 2.05) is 12.1 Å². The lowest BCUT2D eigenvalue weighted by molar-refractivity contribution is -0.123. The van der Waals surface area contributed by atoms with Crippen LogP contribution in [0.2, 0.25) is 0 Å². The van der Waals surface area contributed by atoms with Crippen LogP contribution in [0.25, 0.3) is 0 Å². The van der Waals surface area contributed by atoms with Gasteiger partial charge >= 0.3 is 0 Å². The highest BCUT2D eigenvalue weighted by atomic mass is 16.5. The fourth-order valence-electron chi connectivity index (χ4n) is 4.98. The van der Waals surface area contributed by atoms with Gasteiger partial charge in [-0.05, 0) is 54.7 Å². The molecule has 2 atom stereocenters. The fourth-order valence-corrected chi connectivity index (χ4v) is 4.98. The first-order valence-corrected chi connectivity index (χ1v) is 14.0. The van der Waals surface area contributed by atoms with Gasteiger partial charge in [0.15, 0.2) is 6.61 Å². The van der Waals surface area contributed by atoms with E-state index in [4.69, 9.17) is 14.2 Å². The number of rotatable bonds is 4. The molecule has 7 rings (SSSR count). The van der Waals surface area contributed by atoms with Gasteiger partial charge < -0.3 is 34.3 Å². The monoisotopic (exact) mass is 572 g/mol. The summed E-state index contributed by atoms with van der Waals surface area (Å²) >= 11 is 0. The fraction of sp³-hybridized carbons (Fsp3) is 0.355. The molecule has 2 aromatic carbocycles. The van der Waals surface area contributed by atoms with Crippen molar-refractivity contribution in [2.45, 2.75) is 31.5 Å². The van der Waals surface area contributed by atoms with Crippen LogP contribution in [-0.2, 0) is 18.4 Å². The van der Waals surface area contributed by atoms with Crippen molar-refractivity contribution in [2.75, 3.05) is 26.3 Å². The molecule has 4 bridgehead atoms. The Kier molecular flexibility index (Phi) is 7.56. The van der Waals surface area contributed by atoms with E-state index in [0.29, 0.717) is 47.4 Å². The first kappa shape index (κ1) is 27.4. The minimum Gasteiger partial charge on any atom is -0.493 e. The number of hydrogen-bond acceptors (Lipinski definition) is 7. The minimum atomic E-state index is -0.545. The van der Waals surface area contributed by atoms with E-state index in [1.54, 1.807) is 42.3 Å². The molecule has 2 N–H and O–H groups in total. The number of aromatic nitrogens is 1. The quantitative estimate of drug-likeness (QED) is 0.489. The largest absolute Gasteiger partial charge is 0.493 e. The van der Waals surface area contributed by atoms with Crippen molar-refractivity contribution < 1.29 is 28.6 Å². The molecule has 0 radical (unpaired) electrons. The summed E-state index contributed by atoms with van der Waals surface area (Å²) in [5.41, 5.74) is 1.33. The third kappa shape index (κ3) is 6.40. The van der Waals surface area contributed by atoms with Crippen LogP contribution in [0, 0.1) is 5.92 Å². The highest BCUT2D eigenvalue weighted by molar-refractivity contribution is 5.96. The van der Waals surface area contributed by atoms with E-state index in [-0.39, 0.29) is 37.1 Å². The molecule has 1 saturated heterocycles. The SMILES string of the molecule is Cn1cc(C(=O)N2C[C@@H]3NC(=O)c4cc(cc(OCC5CC5)c4)OCC(=O)NCc4ccc(cc4)O[C@H]3C2)ccc1=O. The summed E-state index contributed by atoms with van der Waals surface area (Å²) in [6.07, 6.45) is 3.19. The Balaban J connectivity index is 1.29. The predicted molar refractivity (Wildman–Crippen MR) is 152 cm³/mol. The number of benzene rings is 2. The number of carbonyl (C=O) groups excluding carboxylic acids is 3. The summed E-state index contributed by atoms with van der Waals surface area (Å²) in [7, 11) is 1.59. The Morgan fingerprint density at radius 2 is 1.81 bits per heavy atom. The Morgan fingerprint density at radius 3 is 2.57 bits per heavy atom. The molecule has 1 aliphatic carbocycles. The second-order valence-corrected chi connectivity index (χ2v) is 11.0. The van der Waals surface area contributed by atoms with Crippen LogP contribution in [0.5, 0.6) is 17.2 Å². The third-order valence-electron chi connectivity index (χ3n) is 7.60. The molecule has 3 aromatic rings. The van der Waals surface area contributed by atoms with Gasteiger partial charge in [-0.25, -0.2) is 0 Å². The van der Waals surface area contributed by atoms with Crippen molar-refractivity contribution in [3.63, 3.8) is 0 Å². The van der Waals surface area contributed by atoms with Gasteiger partial charge in [-0.3, -0.25) is 19.2 Å². The Morgan fingerprint density at radius 1 is 1.00 bits per heavy atom. The average molecular weight is 573 g/mol. The normalized spacial score (nSPS) is 20.5. The topological polar surface area (TPSA) is 128 Å². The molecule has 0 spiro atoms. The number of hydrogen-bond donors (Lipinski definition) is 2. The number of likely N-dealkylation sites (tertiary alicyclic amines) is 1. The van der Waals surface area contributed by atoms with Gasteiger partial charge in [0.1, 0.15) is 23.4 Å². The number of amides is 3. The molecule has 11 heteroatoms. The van der Waals surface area contributed by atoms with Crippen molar-refractivity contribution in [1.29, 1.82) is 0 Å². The lowest BCUT2D eigenvalue weighted by atomic mass is 10.1. The number of nitrogens with zero attached hydrogens (tertiary/aromatic N) is 2. The molecular weight excluding hydrogens is 540 g/mol. The lowest BCUT2D eigenvalue weighted by Gasteiger charge is -2.21. The number of carbonyl (C=O) groups is 3. The van der Waals surface area contributed by atoms with E-state index < -0.39 is 18.1 Å². The van der Waals surface area contributed by atoms with Gasteiger partial charge in [-0.2, -0.15) is 0 Å². The maximum atomic E-state index is 13.6. The summed E-state index contributed by atoms with van der Waals surface area (Å²) in [5.74, 6) is 0.926. The molecule has 4 heterocycles. The zero-order valence-electron chi connectivity index (χ0n) is 23.2. The molecule has 218 valence electrons. The summed E-state index contributed by atoms with van der Waals surface area (Å²) in [4.78, 5) is 52.9. The maximum Gasteiger partial charge on any atom is 0.258 e. The standard InChI is InChI=1S/C31H32N4O7/c1-34-14-21(6-9-29(34)37)31(39)35-15-26-27(16-35)42-23-7-4-19(5-8-23)13-32-28(36)18-41-25-11-22(30(38)33-26)10-24(12-25)40-17-20-2-3-20/h4-12,14,20,26-27H,2-3,13,15-18H2,1H3,(H,32,36)(H,33,38)/t26-,27-/m0/s1. The summed E-state index contributed by atoms with van der Waals surface area (Å²) < 4.78 is 19.3. The van der Waals surface area contributed by atoms with Crippen LogP contribution in [0.15, 0.2) is 65.6 Å². The second-order valence-electron chi connectivity index (χ2n) is 11.0. The van der Waals surface area contributed by atoms with Crippen LogP contribution in [0.3, 0.4) is 0 Å². The summed E-state index contributed by atoms with van der Waals surface area (Å²) in [5, 5.41) is 5.87. The molecule has 1 saturated carbocycles. The van der Waals surface area contributed by atoms with E-state index in [0.717, 1.165) is 18.4 Å². The first-order valence-electron chi connectivity index (χ1n) is 14.0. The first-order chi connectivity index (χ1) is 20.3. The second kappa shape index (κ2) is 11.6. The average Bonchev–Trinajstić information content (AvgIpc) is 3.75. The van der Waals surface area contributed by atoms with Gasteiger partial charge in [-0.15, -0.1) is 0 Å². The van der Waals surface area contributed by atoms with E-state index in [2.05, 4.69) is 10.6 Å². The van der Waals surface area contributed by atoms with Crippen LogP contribution >= 0.6 is 0 Å². The van der Waals surface area contributed by atoms with Crippen molar-refractivity contribution >= 4 is 17.7 Å². The zero-order chi connectivity index (χ0) is 29.2. The van der Waals surface area contributed by atoms with Gasteiger partial charge in [0, 0.05) is 44.0 Å². The molecule has 4 aliphatic rings. The van der Waals surface area contributed by atoms with Crippen molar-refractivity contribution in [2.24, 2.45) is 13.0 Å². The Bertz CT molecular complexity index is 1560. The van der Waals surface area contributed by atoms with Gasteiger partial charge in [-0.1, -0.05) is 12.1 Å². The Labute approximate surface area is 242 Å².